The smallest absolute Gasteiger partial charge is 0.191 e. The largest absolute Gasteiger partial charge is 0.369 e. The number of anilines is 1. The number of pyridine rings is 1. The molecule has 1 fully saturated rings. The number of para-hydroxylation sites is 1. The minimum absolute atomic E-state index is 0.838. The number of hydrogen-bond donors (Lipinski definition) is 2. The second-order valence-electron chi connectivity index (χ2n) is 7.28. The molecule has 0 aliphatic carbocycles. The molecule has 0 spiro atoms. The van der Waals surface area contributed by atoms with Gasteiger partial charge >= 0.3 is 0 Å². The molecule has 0 radical (unpaired) electrons. The van der Waals surface area contributed by atoms with E-state index in [1.165, 1.54) is 5.69 Å². The maximum atomic E-state index is 4.73. The van der Waals surface area contributed by atoms with E-state index < -0.39 is 0 Å². The molecular formula is C23H34N6. The minimum Gasteiger partial charge on any atom is -0.369 e. The van der Waals surface area contributed by atoms with E-state index in [4.69, 9.17) is 4.99 Å². The molecule has 1 aliphatic heterocycles. The van der Waals surface area contributed by atoms with E-state index in [-0.39, 0.29) is 0 Å². The van der Waals surface area contributed by atoms with Crippen molar-refractivity contribution < 1.29 is 0 Å². The Bertz CT molecular complexity index is 711. The summed E-state index contributed by atoms with van der Waals surface area (Å²) in [4.78, 5) is 14.1. The third-order valence-electron chi connectivity index (χ3n) is 5.14. The second kappa shape index (κ2) is 12.1. The number of piperazine rings is 1. The molecule has 1 aromatic heterocycles. The number of guanidine groups is 1. The van der Waals surface area contributed by atoms with Crippen LogP contribution in [0.2, 0.25) is 0 Å². The normalized spacial score (nSPS) is 15.3. The van der Waals surface area contributed by atoms with Gasteiger partial charge in [-0.2, -0.15) is 0 Å². The van der Waals surface area contributed by atoms with E-state index in [2.05, 4.69) is 68.7 Å². The van der Waals surface area contributed by atoms with Crippen LogP contribution in [-0.2, 0) is 6.42 Å². The van der Waals surface area contributed by atoms with Crippen molar-refractivity contribution in [3.8, 4) is 0 Å². The summed E-state index contributed by atoms with van der Waals surface area (Å²) in [7, 11) is 0. The Labute approximate surface area is 175 Å². The van der Waals surface area contributed by atoms with Crippen molar-refractivity contribution >= 4 is 11.6 Å². The van der Waals surface area contributed by atoms with Crippen LogP contribution in [0.5, 0.6) is 0 Å². The van der Waals surface area contributed by atoms with Crippen LogP contribution in [0.15, 0.2) is 59.7 Å². The fourth-order valence-corrected chi connectivity index (χ4v) is 3.55. The SMILES string of the molecule is CCNC(=NCCCN1CCN(c2ccccc2)CC1)NCCc1ccccn1. The lowest BCUT2D eigenvalue weighted by atomic mass is 10.2. The summed E-state index contributed by atoms with van der Waals surface area (Å²) >= 11 is 0. The molecule has 0 atom stereocenters. The molecule has 3 rings (SSSR count). The Morgan fingerprint density at radius 2 is 1.79 bits per heavy atom. The molecule has 1 aliphatic rings. The minimum atomic E-state index is 0.838. The summed E-state index contributed by atoms with van der Waals surface area (Å²) in [5.74, 6) is 0.900. The summed E-state index contributed by atoms with van der Waals surface area (Å²) in [5, 5.41) is 6.74. The predicted octanol–water partition coefficient (Wildman–Crippen LogP) is 2.39. The third kappa shape index (κ3) is 7.38. The molecule has 6 heteroatoms. The van der Waals surface area contributed by atoms with Gasteiger partial charge in [0.15, 0.2) is 5.96 Å². The van der Waals surface area contributed by atoms with Gasteiger partial charge in [-0.3, -0.25) is 14.9 Å². The van der Waals surface area contributed by atoms with Crippen molar-refractivity contribution in [1.82, 2.24) is 20.5 Å². The number of hydrogen-bond acceptors (Lipinski definition) is 4. The summed E-state index contributed by atoms with van der Waals surface area (Å²) in [5.41, 5.74) is 2.44. The summed E-state index contributed by atoms with van der Waals surface area (Å²) in [6.45, 7) is 10.2. The van der Waals surface area contributed by atoms with E-state index >= 15 is 0 Å². The molecular weight excluding hydrogens is 360 g/mol. The molecule has 1 saturated heterocycles. The Kier molecular flexibility index (Phi) is 8.79. The average molecular weight is 395 g/mol. The van der Waals surface area contributed by atoms with Gasteiger partial charge in [0.2, 0.25) is 0 Å². The topological polar surface area (TPSA) is 55.8 Å². The first kappa shape index (κ1) is 21.1. The molecule has 2 heterocycles. The first-order chi connectivity index (χ1) is 14.3. The maximum absolute atomic E-state index is 4.73. The fourth-order valence-electron chi connectivity index (χ4n) is 3.55. The predicted molar refractivity (Wildman–Crippen MR) is 122 cm³/mol. The van der Waals surface area contributed by atoms with Crippen molar-refractivity contribution in [2.45, 2.75) is 19.8 Å². The lowest BCUT2D eigenvalue weighted by Crippen LogP contribution is -2.46. The number of benzene rings is 1. The number of rotatable bonds is 9. The molecule has 1 aromatic carbocycles. The van der Waals surface area contributed by atoms with E-state index in [0.29, 0.717) is 0 Å². The van der Waals surface area contributed by atoms with Gasteiger partial charge in [0.25, 0.3) is 0 Å². The van der Waals surface area contributed by atoms with Crippen molar-refractivity contribution in [2.24, 2.45) is 4.99 Å². The highest BCUT2D eigenvalue weighted by Gasteiger charge is 2.16. The highest BCUT2D eigenvalue weighted by atomic mass is 15.3. The lowest BCUT2D eigenvalue weighted by molar-refractivity contribution is 0.256. The highest BCUT2D eigenvalue weighted by molar-refractivity contribution is 5.79. The van der Waals surface area contributed by atoms with Crippen molar-refractivity contribution in [3.63, 3.8) is 0 Å². The van der Waals surface area contributed by atoms with Crippen LogP contribution in [0, 0.1) is 0 Å². The van der Waals surface area contributed by atoms with E-state index in [0.717, 1.165) is 76.9 Å². The Hall–Kier alpha value is -2.60. The molecule has 2 N–H and O–H groups in total. The summed E-state index contributed by atoms with van der Waals surface area (Å²) < 4.78 is 0. The van der Waals surface area contributed by atoms with Gasteiger partial charge < -0.3 is 15.5 Å². The number of aromatic nitrogens is 1. The zero-order valence-electron chi connectivity index (χ0n) is 17.6. The zero-order valence-corrected chi connectivity index (χ0v) is 17.6. The fraction of sp³-hybridized carbons (Fsp3) is 0.478. The highest BCUT2D eigenvalue weighted by Crippen LogP contribution is 2.15. The quantitative estimate of drug-likeness (QED) is 0.389. The van der Waals surface area contributed by atoms with Crippen LogP contribution in [0.1, 0.15) is 19.0 Å². The molecule has 6 nitrogen and oxygen atoms in total. The zero-order chi connectivity index (χ0) is 20.2. The van der Waals surface area contributed by atoms with Gasteiger partial charge in [0.05, 0.1) is 0 Å². The van der Waals surface area contributed by atoms with E-state index in [1.807, 2.05) is 18.3 Å². The van der Waals surface area contributed by atoms with E-state index in [1.54, 1.807) is 0 Å². The third-order valence-corrected chi connectivity index (χ3v) is 5.14. The molecule has 0 saturated carbocycles. The van der Waals surface area contributed by atoms with Gasteiger partial charge in [-0.15, -0.1) is 0 Å². The number of nitrogens with one attached hydrogen (secondary N) is 2. The Balaban J connectivity index is 1.33. The maximum Gasteiger partial charge on any atom is 0.191 e. The van der Waals surface area contributed by atoms with Gasteiger partial charge in [-0.25, -0.2) is 0 Å². The van der Waals surface area contributed by atoms with Crippen LogP contribution in [-0.4, -0.2) is 68.2 Å². The summed E-state index contributed by atoms with van der Waals surface area (Å²) in [6.07, 6.45) is 3.83. The first-order valence-electron chi connectivity index (χ1n) is 10.8. The monoisotopic (exact) mass is 394 g/mol. The van der Waals surface area contributed by atoms with Crippen LogP contribution in [0.4, 0.5) is 5.69 Å². The molecule has 0 amide bonds. The second-order valence-corrected chi connectivity index (χ2v) is 7.28. The van der Waals surface area contributed by atoms with Crippen molar-refractivity contribution in [3.05, 3.63) is 60.4 Å². The molecule has 156 valence electrons. The lowest BCUT2D eigenvalue weighted by Gasteiger charge is -2.36. The molecule has 0 unspecified atom stereocenters. The summed E-state index contributed by atoms with van der Waals surface area (Å²) in [6, 6.07) is 16.8. The van der Waals surface area contributed by atoms with Crippen molar-refractivity contribution in [2.75, 3.05) is 57.3 Å². The van der Waals surface area contributed by atoms with Crippen LogP contribution in [0.3, 0.4) is 0 Å². The molecule has 2 aromatic rings. The molecule has 0 bridgehead atoms. The first-order valence-corrected chi connectivity index (χ1v) is 10.8. The number of aliphatic imine (C=N–C) groups is 1. The van der Waals surface area contributed by atoms with Gasteiger partial charge in [-0.05, 0) is 37.6 Å². The van der Waals surface area contributed by atoms with Gasteiger partial charge in [0.1, 0.15) is 0 Å². The van der Waals surface area contributed by atoms with Crippen LogP contribution < -0.4 is 15.5 Å². The molecule has 29 heavy (non-hydrogen) atoms. The van der Waals surface area contributed by atoms with Gasteiger partial charge in [-0.1, -0.05) is 24.3 Å². The Morgan fingerprint density at radius 3 is 2.52 bits per heavy atom. The average Bonchev–Trinajstić information content (AvgIpc) is 2.78. The van der Waals surface area contributed by atoms with Crippen LogP contribution in [0.25, 0.3) is 0 Å². The number of nitrogens with zero attached hydrogens (tertiary/aromatic N) is 4. The van der Waals surface area contributed by atoms with Crippen molar-refractivity contribution in [1.29, 1.82) is 0 Å². The van der Waals surface area contributed by atoms with Crippen LogP contribution >= 0.6 is 0 Å². The van der Waals surface area contributed by atoms with Gasteiger partial charge in [0, 0.05) is 76.4 Å². The van der Waals surface area contributed by atoms with E-state index in [9.17, 15) is 0 Å². The Morgan fingerprint density at radius 1 is 1.00 bits per heavy atom. The standard InChI is InChI=1S/C23H34N6/c1-2-24-23(27-15-12-21-9-6-7-13-25-21)26-14-8-16-28-17-19-29(20-18-28)22-10-4-3-5-11-22/h3-7,9-11,13H,2,8,12,14-20H2,1H3,(H2,24,26,27).